The first-order valence-electron chi connectivity index (χ1n) is 9.70. The molecule has 1 N–H and O–H groups in total. The molecular formula is C21H26N4O3. The van der Waals surface area contributed by atoms with E-state index in [0.29, 0.717) is 11.3 Å². The lowest BCUT2D eigenvalue weighted by Gasteiger charge is -2.34. The van der Waals surface area contributed by atoms with Crippen LogP contribution in [0.3, 0.4) is 0 Å². The lowest BCUT2D eigenvalue weighted by molar-refractivity contribution is 0.0715. The summed E-state index contributed by atoms with van der Waals surface area (Å²) in [5.41, 5.74) is 3.36. The third-order valence-corrected chi connectivity index (χ3v) is 5.62. The molecule has 2 aromatic rings. The van der Waals surface area contributed by atoms with Crippen LogP contribution in [-0.4, -0.2) is 58.7 Å². The maximum absolute atomic E-state index is 12.4. The number of aryl methyl sites for hydroxylation is 2. The van der Waals surface area contributed by atoms with Gasteiger partial charge in [-0.05, 0) is 37.1 Å². The van der Waals surface area contributed by atoms with E-state index in [-0.39, 0.29) is 24.7 Å². The van der Waals surface area contributed by atoms with Gasteiger partial charge in [0.1, 0.15) is 17.7 Å². The van der Waals surface area contributed by atoms with Gasteiger partial charge in [-0.25, -0.2) is 4.98 Å². The molecule has 0 bridgehead atoms. The molecule has 7 heteroatoms. The molecule has 4 rings (SSSR count). The molecule has 7 nitrogen and oxygen atoms in total. The summed E-state index contributed by atoms with van der Waals surface area (Å²) >= 11 is 0. The first-order valence-corrected chi connectivity index (χ1v) is 9.70. The quantitative estimate of drug-likeness (QED) is 0.874. The molecule has 4 heterocycles. The average molecular weight is 382 g/mol. The van der Waals surface area contributed by atoms with E-state index in [1.807, 2.05) is 32.2 Å². The number of aliphatic hydroxyl groups excluding tert-OH is 1. The number of pyridine rings is 2. The van der Waals surface area contributed by atoms with Crippen molar-refractivity contribution in [2.45, 2.75) is 38.8 Å². The van der Waals surface area contributed by atoms with Crippen molar-refractivity contribution >= 4 is 11.7 Å². The van der Waals surface area contributed by atoms with E-state index in [4.69, 9.17) is 9.72 Å². The van der Waals surface area contributed by atoms with Crippen LogP contribution >= 0.6 is 0 Å². The first-order chi connectivity index (χ1) is 13.5. The number of rotatable bonds is 4. The van der Waals surface area contributed by atoms with E-state index in [2.05, 4.69) is 9.88 Å². The highest BCUT2D eigenvalue weighted by molar-refractivity contribution is 5.99. The average Bonchev–Trinajstić information content (AvgIpc) is 2.91. The van der Waals surface area contributed by atoms with Crippen molar-refractivity contribution in [3.8, 4) is 5.75 Å². The van der Waals surface area contributed by atoms with Crippen LogP contribution in [0.4, 0.5) is 5.82 Å². The van der Waals surface area contributed by atoms with E-state index >= 15 is 0 Å². The predicted molar refractivity (Wildman–Crippen MR) is 106 cm³/mol. The number of fused-ring (bicyclic) bond motifs is 1. The van der Waals surface area contributed by atoms with Crippen molar-refractivity contribution in [1.82, 2.24) is 14.9 Å². The Balaban J connectivity index is 1.48. The Labute approximate surface area is 165 Å². The molecule has 2 aromatic heterocycles. The SMILES string of the molecule is Cc1cncc(OC2CCN(c3nc4c(cc3C)C(=O)N(C)[C@@H]4CO)CC2)c1. The normalized spacial score (nSPS) is 19.9. The molecule has 1 amide bonds. The molecule has 28 heavy (non-hydrogen) atoms. The number of ether oxygens (including phenoxy) is 1. The van der Waals surface area contributed by atoms with Crippen LogP contribution in [0.15, 0.2) is 24.5 Å². The highest BCUT2D eigenvalue weighted by atomic mass is 16.5. The van der Waals surface area contributed by atoms with E-state index in [1.165, 1.54) is 0 Å². The van der Waals surface area contributed by atoms with Gasteiger partial charge in [-0.3, -0.25) is 9.78 Å². The molecule has 0 spiro atoms. The third-order valence-electron chi connectivity index (χ3n) is 5.62. The molecule has 1 atom stereocenters. The monoisotopic (exact) mass is 382 g/mol. The van der Waals surface area contributed by atoms with Crippen molar-refractivity contribution in [3.05, 3.63) is 46.9 Å². The van der Waals surface area contributed by atoms with Gasteiger partial charge < -0.3 is 19.6 Å². The molecule has 1 saturated heterocycles. The summed E-state index contributed by atoms with van der Waals surface area (Å²) in [6.07, 6.45) is 5.53. The zero-order chi connectivity index (χ0) is 19.8. The van der Waals surface area contributed by atoms with Crippen LogP contribution in [0.2, 0.25) is 0 Å². The highest BCUT2D eigenvalue weighted by Crippen LogP contribution is 2.34. The molecule has 0 aliphatic carbocycles. The van der Waals surface area contributed by atoms with Crippen LogP contribution in [-0.2, 0) is 0 Å². The summed E-state index contributed by atoms with van der Waals surface area (Å²) in [7, 11) is 1.71. The Kier molecular flexibility index (Phi) is 4.93. The Morgan fingerprint density at radius 2 is 1.96 bits per heavy atom. The van der Waals surface area contributed by atoms with E-state index in [1.54, 1.807) is 18.1 Å². The number of aromatic nitrogens is 2. The van der Waals surface area contributed by atoms with Gasteiger partial charge in [-0.1, -0.05) is 0 Å². The summed E-state index contributed by atoms with van der Waals surface area (Å²) in [6, 6.07) is 3.55. The number of carbonyl (C=O) groups excluding carboxylic acids is 1. The zero-order valence-corrected chi connectivity index (χ0v) is 16.6. The van der Waals surface area contributed by atoms with Crippen molar-refractivity contribution in [1.29, 1.82) is 0 Å². The summed E-state index contributed by atoms with van der Waals surface area (Å²) < 4.78 is 6.09. The zero-order valence-electron chi connectivity index (χ0n) is 16.6. The third kappa shape index (κ3) is 3.30. The number of carbonyl (C=O) groups is 1. The van der Waals surface area contributed by atoms with Crippen molar-refractivity contribution in [3.63, 3.8) is 0 Å². The van der Waals surface area contributed by atoms with Gasteiger partial charge in [0.05, 0.1) is 30.1 Å². The highest BCUT2D eigenvalue weighted by Gasteiger charge is 2.36. The first kappa shape index (κ1) is 18.7. The molecule has 0 saturated carbocycles. The smallest absolute Gasteiger partial charge is 0.256 e. The fourth-order valence-electron chi connectivity index (χ4n) is 4.06. The van der Waals surface area contributed by atoms with E-state index in [9.17, 15) is 9.90 Å². The summed E-state index contributed by atoms with van der Waals surface area (Å²) in [4.78, 5) is 25.2. The van der Waals surface area contributed by atoms with E-state index < -0.39 is 0 Å². The number of piperidine rings is 1. The lowest BCUT2D eigenvalue weighted by atomic mass is 10.1. The minimum absolute atomic E-state index is 0.0740. The van der Waals surface area contributed by atoms with Gasteiger partial charge in [0, 0.05) is 39.2 Å². The van der Waals surface area contributed by atoms with Gasteiger partial charge in [0.15, 0.2) is 0 Å². The van der Waals surface area contributed by atoms with Crippen LogP contribution in [0, 0.1) is 13.8 Å². The summed E-state index contributed by atoms with van der Waals surface area (Å²) in [5, 5.41) is 9.70. The number of anilines is 1. The molecule has 0 unspecified atom stereocenters. The van der Waals surface area contributed by atoms with Crippen LogP contribution < -0.4 is 9.64 Å². The minimum atomic E-state index is -0.364. The Bertz CT molecular complexity index is 893. The van der Waals surface area contributed by atoms with Gasteiger partial charge in [0.2, 0.25) is 0 Å². The molecule has 2 aliphatic heterocycles. The number of aliphatic hydroxyl groups is 1. The second-order valence-corrected chi connectivity index (χ2v) is 7.68. The molecule has 0 radical (unpaired) electrons. The van der Waals surface area contributed by atoms with Crippen molar-refractivity contribution < 1.29 is 14.6 Å². The fraction of sp³-hybridized carbons (Fsp3) is 0.476. The molecule has 148 valence electrons. The molecule has 0 aromatic carbocycles. The van der Waals surface area contributed by atoms with Gasteiger partial charge in [-0.2, -0.15) is 0 Å². The van der Waals surface area contributed by atoms with Crippen molar-refractivity contribution in [2.24, 2.45) is 0 Å². The topological polar surface area (TPSA) is 78.8 Å². The second kappa shape index (κ2) is 7.39. The maximum atomic E-state index is 12.4. The number of hydrogen-bond acceptors (Lipinski definition) is 6. The number of likely N-dealkylation sites (N-methyl/N-ethyl adjacent to an activating group) is 1. The number of hydrogen-bond donors (Lipinski definition) is 1. The number of nitrogens with zero attached hydrogens (tertiary/aromatic N) is 4. The molecular weight excluding hydrogens is 356 g/mol. The predicted octanol–water partition coefficient (Wildman–Crippen LogP) is 2.26. The number of amides is 1. The fourth-order valence-corrected chi connectivity index (χ4v) is 4.06. The van der Waals surface area contributed by atoms with Crippen LogP contribution in [0.25, 0.3) is 0 Å². The maximum Gasteiger partial charge on any atom is 0.256 e. The molecule has 1 fully saturated rings. The second-order valence-electron chi connectivity index (χ2n) is 7.68. The standard InChI is InChI=1S/C21H26N4O3/c1-13-8-16(11-22-10-13)28-15-4-6-25(7-5-15)20-14(2)9-17-19(23-20)18(12-26)24(3)21(17)27/h8-11,15,18,26H,4-7,12H2,1-3H3/t18-/m1/s1. The van der Waals surface area contributed by atoms with Crippen molar-refractivity contribution in [2.75, 3.05) is 31.6 Å². The Morgan fingerprint density at radius 3 is 2.64 bits per heavy atom. The van der Waals surface area contributed by atoms with Gasteiger partial charge in [-0.15, -0.1) is 0 Å². The Morgan fingerprint density at radius 1 is 1.21 bits per heavy atom. The van der Waals surface area contributed by atoms with Crippen LogP contribution in [0.1, 0.15) is 46.1 Å². The summed E-state index contributed by atoms with van der Waals surface area (Å²) in [5.74, 6) is 1.64. The lowest BCUT2D eigenvalue weighted by Crippen LogP contribution is -2.39. The Hall–Kier alpha value is -2.67. The minimum Gasteiger partial charge on any atom is -0.489 e. The summed E-state index contributed by atoms with van der Waals surface area (Å²) in [6.45, 7) is 5.55. The van der Waals surface area contributed by atoms with Gasteiger partial charge >= 0.3 is 0 Å². The largest absolute Gasteiger partial charge is 0.489 e. The van der Waals surface area contributed by atoms with Crippen LogP contribution in [0.5, 0.6) is 5.75 Å². The van der Waals surface area contributed by atoms with Gasteiger partial charge in [0.25, 0.3) is 5.91 Å². The molecule has 2 aliphatic rings. The van der Waals surface area contributed by atoms with E-state index in [0.717, 1.165) is 48.6 Å².